The fourth-order valence-electron chi connectivity index (χ4n) is 2.10. The summed E-state index contributed by atoms with van der Waals surface area (Å²) in [5.74, 6) is -0.683. The average Bonchev–Trinajstić information content (AvgIpc) is 2.76. The van der Waals surface area contributed by atoms with Gasteiger partial charge in [0.1, 0.15) is 12.2 Å². The predicted molar refractivity (Wildman–Crippen MR) is 74.9 cm³/mol. The zero-order valence-corrected chi connectivity index (χ0v) is 11.7. The van der Waals surface area contributed by atoms with Crippen molar-refractivity contribution < 1.29 is 18.0 Å². The first-order chi connectivity index (χ1) is 9.67. The highest BCUT2D eigenvalue weighted by Crippen LogP contribution is 2.22. The zero-order chi connectivity index (χ0) is 15.8. The van der Waals surface area contributed by atoms with Crippen LogP contribution < -0.4 is 5.73 Å². The number of H-pyrrole nitrogens is 1. The largest absolute Gasteiger partial charge is 0.406 e. The third-order valence-corrected chi connectivity index (χ3v) is 3.11. The Morgan fingerprint density at radius 2 is 2.00 bits per heavy atom. The minimum atomic E-state index is -4.43. The van der Waals surface area contributed by atoms with E-state index in [1.807, 2.05) is 0 Å². The van der Waals surface area contributed by atoms with E-state index in [-0.39, 0.29) is 5.69 Å². The van der Waals surface area contributed by atoms with Gasteiger partial charge in [-0.2, -0.15) is 13.2 Å². The number of alkyl halides is 3. The Bertz CT molecular complexity index is 661. The number of nitrogens with two attached hydrogens (primary N) is 1. The van der Waals surface area contributed by atoms with E-state index >= 15 is 0 Å². The van der Waals surface area contributed by atoms with Crippen molar-refractivity contribution in [1.29, 1.82) is 0 Å². The molecule has 1 aromatic heterocycles. The lowest BCUT2D eigenvalue weighted by atomic mass is 10.2. The molecule has 0 spiro atoms. The maximum Gasteiger partial charge on any atom is 0.406 e. The van der Waals surface area contributed by atoms with Gasteiger partial charge in [0.15, 0.2) is 0 Å². The second kappa shape index (κ2) is 5.31. The molecule has 0 radical (unpaired) electrons. The number of benzene rings is 1. The van der Waals surface area contributed by atoms with Gasteiger partial charge >= 0.3 is 6.18 Å². The summed E-state index contributed by atoms with van der Waals surface area (Å²) in [6.45, 7) is 1.82. The van der Waals surface area contributed by atoms with Crippen molar-refractivity contribution in [3.8, 4) is 0 Å². The van der Waals surface area contributed by atoms with Gasteiger partial charge in [-0.25, -0.2) is 0 Å². The summed E-state index contributed by atoms with van der Waals surface area (Å²) in [4.78, 5) is 15.9. The number of carbonyl (C=O) groups is 1. The van der Waals surface area contributed by atoms with Gasteiger partial charge < -0.3 is 15.6 Å². The summed E-state index contributed by atoms with van der Waals surface area (Å²) in [6.07, 6.45) is -4.43. The zero-order valence-electron chi connectivity index (χ0n) is 11.7. The molecule has 7 heteroatoms. The number of aromatic nitrogens is 1. The first-order valence-electron chi connectivity index (χ1n) is 6.43. The van der Waals surface area contributed by atoms with Crippen LogP contribution in [0.2, 0.25) is 0 Å². The summed E-state index contributed by atoms with van der Waals surface area (Å²) >= 11 is 0. The van der Waals surface area contributed by atoms with Crippen molar-refractivity contribution in [2.24, 2.45) is 0 Å². The van der Waals surface area contributed by atoms with Crippen LogP contribution in [-0.4, -0.2) is 34.6 Å². The smallest absolute Gasteiger partial charge is 0.399 e. The van der Waals surface area contributed by atoms with Gasteiger partial charge in [0.05, 0.1) is 0 Å². The summed E-state index contributed by atoms with van der Waals surface area (Å²) in [5.41, 5.74) is 6.94. The van der Waals surface area contributed by atoms with Gasteiger partial charge in [0.2, 0.25) is 0 Å². The average molecular weight is 299 g/mol. The number of aromatic amines is 1. The molecule has 3 N–H and O–H groups in total. The number of nitrogen functional groups attached to an aromatic ring is 1. The van der Waals surface area contributed by atoms with Crippen molar-refractivity contribution in [2.75, 3.05) is 12.3 Å². The van der Waals surface area contributed by atoms with Gasteiger partial charge in [-0.3, -0.25) is 4.79 Å². The summed E-state index contributed by atoms with van der Waals surface area (Å²) in [6, 6.07) is 5.95. The number of amides is 1. The maximum atomic E-state index is 12.6. The molecule has 0 saturated carbocycles. The van der Waals surface area contributed by atoms with Gasteiger partial charge in [-0.05, 0) is 38.1 Å². The molecule has 1 amide bonds. The van der Waals surface area contributed by atoms with Gasteiger partial charge in [-0.1, -0.05) is 0 Å². The topological polar surface area (TPSA) is 62.1 Å². The predicted octanol–water partition coefficient (Wildman–Crippen LogP) is 3.16. The second-order valence-electron chi connectivity index (χ2n) is 5.17. The number of hydrogen-bond acceptors (Lipinski definition) is 2. The first kappa shape index (κ1) is 15.2. The van der Waals surface area contributed by atoms with Crippen molar-refractivity contribution in [3.05, 3.63) is 30.0 Å². The third-order valence-electron chi connectivity index (χ3n) is 3.11. The van der Waals surface area contributed by atoms with Crippen LogP contribution in [0, 0.1) is 0 Å². The van der Waals surface area contributed by atoms with E-state index in [2.05, 4.69) is 4.98 Å². The molecule has 0 saturated heterocycles. The molecule has 0 atom stereocenters. The number of nitrogens with one attached hydrogen (secondary N) is 1. The molecule has 0 aliphatic rings. The monoisotopic (exact) mass is 299 g/mol. The lowest BCUT2D eigenvalue weighted by Crippen LogP contribution is -2.43. The highest BCUT2D eigenvalue weighted by molar-refractivity contribution is 5.98. The van der Waals surface area contributed by atoms with Crippen LogP contribution in [0.25, 0.3) is 10.9 Å². The number of fused-ring (bicyclic) bond motifs is 1. The van der Waals surface area contributed by atoms with Crippen LogP contribution in [0.5, 0.6) is 0 Å². The fraction of sp³-hybridized carbons (Fsp3) is 0.357. The molecule has 0 bridgehead atoms. The van der Waals surface area contributed by atoms with E-state index in [1.165, 1.54) is 6.07 Å². The Hall–Kier alpha value is -2.18. The Balaban J connectivity index is 2.34. The molecule has 114 valence electrons. The molecule has 0 fully saturated rings. The highest BCUT2D eigenvalue weighted by atomic mass is 19.4. The number of anilines is 1. The third kappa shape index (κ3) is 3.48. The molecular weight excluding hydrogens is 283 g/mol. The Morgan fingerprint density at radius 1 is 1.33 bits per heavy atom. The minimum Gasteiger partial charge on any atom is -0.399 e. The van der Waals surface area contributed by atoms with E-state index in [4.69, 9.17) is 5.73 Å². The highest BCUT2D eigenvalue weighted by Gasteiger charge is 2.35. The maximum absolute atomic E-state index is 12.6. The van der Waals surface area contributed by atoms with Crippen molar-refractivity contribution in [3.63, 3.8) is 0 Å². The molecule has 2 rings (SSSR count). The Morgan fingerprint density at radius 3 is 2.57 bits per heavy atom. The SMILES string of the molecule is CC(C)N(CC(F)(F)F)C(=O)c1cc2cc(N)ccc2[nH]1. The summed E-state index contributed by atoms with van der Waals surface area (Å²) < 4.78 is 37.7. The lowest BCUT2D eigenvalue weighted by Gasteiger charge is -2.27. The van der Waals surface area contributed by atoms with Crippen molar-refractivity contribution in [1.82, 2.24) is 9.88 Å². The molecular formula is C14H16F3N3O. The van der Waals surface area contributed by atoms with E-state index in [0.29, 0.717) is 16.6 Å². The number of rotatable bonds is 3. The summed E-state index contributed by atoms with van der Waals surface area (Å²) in [7, 11) is 0. The van der Waals surface area contributed by atoms with Crippen LogP contribution in [0.1, 0.15) is 24.3 Å². The number of hydrogen-bond donors (Lipinski definition) is 2. The van der Waals surface area contributed by atoms with Crippen LogP contribution in [0.4, 0.5) is 18.9 Å². The standard InChI is InChI=1S/C14H16F3N3O/c1-8(2)20(7-14(15,16)17)13(21)12-6-9-5-10(18)3-4-11(9)19-12/h3-6,8,19H,7,18H2,1-2H3. The van der Waals surface area contributed by atoms with Gasteiger partial charge in [-0.15, -0.1) is 0 Å². The first-order valence-corrected chi connectivity index (χ1v) is 6.43. The normalized spacial score (nSPS) is 12.1. The Labute approximate surface area is 119 Å². The van der Waals surface area contributed by atoms with Crippen molar-refractivity contribution >= 4 is 22.5 Å². The van der Waals surface area contributed by atoms with Crippen LogP contribution in [0.3, 0.4) is 0 Å². The molecule has 0 aliphatic carbocycles. The number of halogens is 3. The quantitative estimate of drug-likeness (QED) is 0.855. The summed E-state index contributed by atoms with van der Waals surface area (Å²) in [5, 5.41) is 0.689. The fourth-order valence-corrected chi connectivity index (χ4v) is 2.10. The second-order valence-corrected chi connectivity index (χ2v) is 5.17. The molecule has 0 unspecified atom stereocenters. The van der Waals surface area contributed by atoms with E-state index in [0.717, 1.165) is 4.90 Å². The molecule has 2 aromatic rings. The Kier molecular flexibility index (Phi) is 3.85. The van der Waals surface area contributed by atoms with E-state index in [1.54, 1.807) is 32.0 Å². The molecule has 21 heavy (non-hydrogen) atoms. The van der Waals surface area contributed by atoms with E-state index < -0.39 is 24.7 Å². The van der Waals surface area contributed by atoms with Crippen molar-refractivity contribution in [2.45, 2.75) is 26.1 Å². The number of carbonyl (C=O) groups excluding carboxylic acids is 1. The van der Waals surface area contributed by atoms with Gasteiger partial charge in [0, 0.05) is 22.6 Å². The van der Waals surface area contributed by atoms with Gasteiger partial charge in [0.25, 0.3) is 5.91 Å². The van der Waals surface area contributed by atoms with Crippen LogP contribution in [-0.2, 0) is 0 Å². The van der Waals surface area contributed by atoms with Crippen LogP contribution in [0.15, 0.2) is 24.3 Å². The number of nitrogens with zero attached hydrogens (tertiary/aromatic N) is 1. The lowest BCUT2D eigenvalue weighted by molar-refractivity contribution is -0.143. The molecule has 1 aromatic carbocycles. The molecule has 1 heterocycles. The molecule has 0 aliphatic heterocycles. The van der Waals surface area contributed by atoms with E-state index in [9.17, 15) is 18.0 Å². The minimum absolute atomic E-state index is 0.119. The molecule has 4 nitrogen and oxygen atoms in total. The van der Waals surface area contributed by atoms with Crippen LogP contribution >= 0.6 is 0 Å².